The number of nitrogens with one attached hydrogen (secondary N) is 1. The van der Waals surface area contributed by atoms with Gasteiger partial charge >= 0.3 is 0 Å². The lowest BCUT2D eigenvalue weighted by molar-refractivity contribution is -0.126. The number of hydrogen-bond acceptors (Lipinski definition) is 4. The van der Waals surface area contributed by atoms with Crippen LogP contribution in [0.4, 0.5) is 0 Å². The lowest BCUT2D eigenvalue weighted by Gasteiger charge is -2.36. The number of nitrogens with zero attached hydrogens (tertiary/aromatic N) is 1. The highest BCUT2D eigenvalue weighted by Gasteiger charge is 2.39. The number of amides is 1. The van der Waals surface area contributed by atoms with Crippen LogP contribution in [-0.2, 0) is 14.8 Å². The number of piperidine rings is 1. The van der Waals surface area contributed by atoms with E-state index < -0.39 is 10.0 Å². The summed E-state index contributed by atoms with van der Waals surface area (Å²) in [6, 6.07) is 2.76. The van der Waals surface area contributed by atoms with Crippen LogP contribution in [0.25, 0.3) is 0 Å². The molecule has 0 saturated carbocycles. The lowest BCUT2D eigenvalue weighted by Crippen LogP contribution is -2.49. The second kappa shape index (κ2) is 9.58. The molecule has 1 N–H and O–H groups in total. The lowest BCUT2D eigenvalue weighted by atomic mass is 9.94. The second-order valence-electron chi connectivity index (χ2n) is 6.76. The number of rotatable bonds is 7. The van der Waals surface area contributed by atoms with Crippen LogP contribution < -0.4 is 10.1 Å². The minimum absolute atomic E-state index is 0.00302. The summed E-state index contributed by atoms with van der Waals surface area (Å²) < 4.78 is 33.8. The molecule has 2 rings (SSSR count). The number of ether oxygens (including phenoxy) is 1. The van der Waals surface area contributed by atoms with Crippen molar-refractivity contribution in [3.8, 4) is 5.75 Å². The Morgan fingerprint density at radius 1 is 1.41 bits per heavy atom. The number of methoxy groups -OCH3 is 1. The summed E-state index contributed by atoms with van der Waals surface area (Å²) in [4.78, 5) is 12.4. The first kappa shape index (κ1) is 22.5. The normalized spacial score (nSPS) is 21.1. The minimum Gasteiger partial charge on any atom is -0.494 e. The van der Waals surface area contributed by atoms with Crippen molar-refractivity contribution in [1.29, 1.82) is 0 Å². The van der Waals surface area contributed by atoms with Gasteiger partial charge in [-0.15, -0.1) is 0 Å². The molecule has 6 nitrogen and oxygen atoms in total. The topological polar surface area (TPSA) is 75.7 Å². The van der Waals surface area contributed by atoms with E-state index in [1.54, 1.807) is 6.07 Å². The molecule has 1 saturated heterocycles. The number of benzene rings is 1. The Kier molecular flexibility index (Phi) is 7.97. The van der Waals surface area contributed by atoms with E-state index in [1.807, 2.05) is 6.92 Å². The van der Waals surface area contributed by atoms with Crippen LogP contribution in [0.1, 0.15) is 39.5 Å². The van der Waals surface area contributed by atoms with Crippen LogP contribution in [0, 0.1) is 5.92 Å². The molecule has 1 fully saturated rings. The Labute approximate surface area is 174 Å². The highest BCUT2D eigenvalue weighted by molar-refractivity contribution is 9.10. The summed E-state index contributed by atoms with van der Waals surface area (Å²) in [5.41, 5.74) is 0. The summed E-state index contributed by atoms with van der Waals surface area (Å²) in [7, 11) is -2.46. The molecule has 0 bridgehead atoms. The molecule has 152 valence electrons. The first-order chi connectivity index (χ1) is 12.7. The van der Waals surface area contributed by atoms with Crippen LogP contribution >= 0.6 is 27.5 Å². The molecule has 0 spiro atoms. The molecule has 2 atom stereocenters. The fraction of sp³-hybridized carbons (Fsp3) is 0.611. The Balaban J connectivity index is 2.30. The quantitative estimate of drug-likeness (QED) is 0.601. The van der Waals surface area contributed by atoms with Crippen molar-refractivity contribution in [3.63, 3.8) is 0 Å². The number of halogens is 2. The van der Waals surface area contributed by atoms with Crippen LogP contribution in [0.15, 0.2) is 21.5 Å². The molecule has 0 aromatic heterocycles. The van der Waals surface area contributed by atoms with Gasteiger partial charge in [-0.05, 0) is 54.2 Å². The van der Waals surface area contributed by atoms with Crippen molar-refractivity contribution in [2.45, 2.75) is 50.5 Å². The minimum atomic E-state index is -3.88. The molecule has 0 radical (unpaired) electrons. The van der Waals surface area contributed by atoms with Crippen LogP contribution in [-0.4, -0.2) is 44.9 Å². The summed E-state index contributed by atoms with van der Waals surface area (Å²) >= 11 is 9.38. The summed E-state index contributed by atoms with van der Waals surface area (Å²) in [6.45, 7) is 4.67. The number of hydrogen-bond donors (Lipinski definition) is 1. The molecule has 1 aromatic carbocycles. The number of carbonyl (C=O) groups excluding carboxylic acids is 1. The summed E-state index contributed by atoms with van der Waals surface area (Å²) in [5.74, 6) is -0.239. The average molecular weight is 482 g/mol. The molecule has 2 unspecified atom stereocenters. The van der Waals surface area contributed by atoms with Crippen LogP contribution in [0.3, 0.4) is 0 Å². The van der Waals surface area contributed by atoms with Gasteiger partial charge in [-0.2, -0.15) is 4.31 Å². The maximum Gasteiger partial charge on any atom is 0.247 e. The third-order valence-corrected chi connectivity index (χ3v) is 7.58. The predicted octanol–water partition coefficient (Wildman–Crippen LogP) is 3.82. The SMILES string of the molecule is CCCCNC(=O)C1CCC(C)N(S(=O)(=O)c2cc(Cl)cc(Br)c2OC)C1. The maximum absolute atomic E-state index is 13.3. The molecule has 9 heteroatoms. The van der Waals surface area contributed by atoms with Crippen molar-refractivity contribution < 1.29 is 17.9 Å². The number of unbranched alkanes of at least 4 members (excludes halogenated alkanes) is 1. The molecule has 1 heterocycles. The zero-order valence-corrected chi connectivity index (χ0v) is 19.0. The molecule has 1 aliphatic heterocycles. The monoisotopic (exact) mass is 480 g/mol. The van der Waals surface area contributed by atoms with Gasteiger partial charge in [-0.1, -0.05) is 24.9 Å². The Hall–Kier alpha value is -0.830. The van der Waals surface area contributed by atoms with Gasteiger partial charge in [-0.25, -0.2) is 8.42 Å². The van der Waals surface area contributed by atoms with Gasteiger partial charge in [0.1, 0.15) is 4.90 Å². The van der Waals surface area contributed by atoms with E-state index in [4.69, 9.17) is 16.3 Å². The largest absolute Gasteiger partial charge is 0.494 e. The van der Waals surface area contributed by atoms with Crippen LogP contribution in [0.5, 0.6) is 5.75 Å². The molecule has 1 amide bonds. The van der Waals surface area contributed by atoms with Crippen molar-refractivity contribution in [2.24, 2.45) is 5.92 Å². The van der Waals surface area contributed by atoms with Gasteiger partial charge in [0.15, 0.2) is 5.75 Å². The van der Waals surface area contributed by atoms with Gasteiger partial charge < -0.3 is 10.1 Å². The van der Waals surface area contributed by atoms with E-state index in [2.05, 4.69) is 28.2 Å². The first-order valence-corrected chi connectivity index (χ1v) is 11.7. The van der Waals surface area contributed by atoms with Gasteiger partial charge in [0.25, 0.3) is 0 Å². The number of carbonyl (C=O) groups is 1. The fourth-order valence-electron chi connectivity index (χ4n) is 3.21. The average Bonchev–Trinajstić information content (AvgIpc) is 2.61. The van der Waals surface area contributed by atoms with Gasteiger partial charge in [0.05, 0.1) is 17.5 Å². The molecule has 1 aromatic rings. The molecular formula is C18H26BrClN2O4S. The Morgan fingerprint density at radius 2 is 2.11 bits per heavy atom. The highest BCUT2D eigenvalue weighted by Crippen LogP contribution is 2.38. The van der Waals surface area contributed by atoms with Crippen molar-refractivity contribution in [3.05, 3.63) is 21.6 Å². The van der Waals surface area contributed by atoms with Crippen LogP contribution in [0.2, 0.25) is 5.02 Å². The zero-order valence-electron chi connectivity index (χ0n) is 15.8. The highest BCUT2D eigenvalue weighted by atomic mass is 79.9. The van der Waals surface area contributed by atoms with E-state index in [-0.39, 0.29) is 35.1 Å². The van der Waals surface area contributed by atoms with Crippen molar-refractivity contribution in [1.82, 2.24) is 9.62 Å². The molecule has 1 aliphatic rings. The molecule has 0 aliphatic carbocycles. The van der Waals surface area contributed by atoms with E-state index >= 15 is 0 Å². The smallest absolute Gasteiger partial charge is 0.247 e. The molecule has 27 heavy (non-hydrogen) atoms. The number of sulfonamides is 1. The fourth-order valence-corrected chi connectivity index (χ4v) is 6.29. The van der Waals surface area contributed by atoms with E-state index in [0.717, 1.165) is 12.8 Å². The van der Waals surface area contributed by atoms with Gasteiger partial charge in [0, 0.05) is 24.2 Å². The van der Waals surface area contributed by atoms with E-state index in [1.165, 1.54) is 17.5 Å². The van der Waals surface area contributed by atoms with Crippen molar-refractivity contribution in [2.75, 3.05) is 20.2 Å². The predicted molar refractivity (Wildman–Crippen MR) is 110 cm³/mol. The Bertz CT molecular complexity index is 788. The van der Waals surface area contributed by atoms with Crippen molar-refractivity contribution >= 4 is 43.5 Å². The summed E-state index contributed by atoms with van der Waals surface area (Å²) in [5, 5.41) is 3.20. The van der Waals surface area contributed by atoms with E-state index in [9.17, 15) is 13.2 Å². The standard InChI is InChI=1S/C18H26BrClN2O4S/c1-4-5-8-21-18(23)13-7-6-12(2)22(11-13)27(24,25)16-10-14(20)9-15(19)17(16)26-3/h9-10,12-13H,4-8,11H2,1-3H3,(H,21,23). The van der Waals surface area contributed by atoms with Gasteiger partial charge in [0.2, 0.25) is 15.9 Å². The second-order valence-corrected chi connectivity index (χ2v) is 9.91. The first-order valence-electron chi connectivity index (χ1n) is 9.05. The third-order valence-electron chi connectivity index (χ3n) is 4.79. The summed E-state index contributed by atoms with van der Waals surface area (Å²) in [6.07, 6.45) is 3.19. The Morgan fingerprint density at radius 3 is 2.74 bits per heavy atom. The zero-order chi connectivity index (χ0) is 20.2. The maximum atomic E-state index is 13.3. The van der Waals surface area contributed by atoms with E-state index in [0.29, 0.717) is 28.9 Å². The van der Waals surface area contributed by atoms with Gasteiger partial charge in [-0.3, -0.25) is 4.79 Å². The molecular weight excluding hydrogens is 456 g/mol. The third kappa shape index (κ3) is 5.16.